The van der Waals surface area contributed by atoms with Crippen molar-refractivity contribution in [1.29, 1.82) is 0 Å². The maximum absolute atomic E-state index is 13.4. The molecule has 2 unspecified atom stereocenters. The number of hydrogen-bond acceptors (Lipinski definition) is 8. The fourth-order valence-corrected chi connectivity index (χ4v) is 5.64. The largest absolute Gasteiger partial charge is 0.388 e. The van der Waals surface area contributed by atoms with E-state index in [1.54, 1.807) is 50.4 Å². The van der Waals surface area contributed by atoms with Crippen molar-refractivity contribution in [2.24, 2.45) is 18.1 Å². The molecule has 50 heavy (non-hydrogen) atoms. The lowest BCUT2D eigenvalue weighted by Crippen LogP contribution is -2.41. The van der Waals surface area contributed by atoms with Crippen LogP contribution in [0.25, 0.3) is 16.3 Å². The number of allylic oxidation sites excluding steroid dienone is 4. The molecule has 2 N–H and O–H groups in total. The van der Waals surface area contributed by atoms with E-state index in [2.05, 4.69) is 21.5 Å². The van der Waals surface area contributed by atoms with Crippen LogP contribution in [0.2, 0.25) is 0 Å². The van der Waals surface area contributed by atoms with Gasteiger partial charge in [-0.2, -0.15) is 0 Å². The number of aldehydes is 1. The van der Waals surface area contributed by atoms with Gasteiger partial charge in [-0.05, 0) is 97.2 Å². The molecular weight excluding hydrogens is 630 g/mol. The zero-order chi connectivity index (χ0) is 36.5. The standard InChI is InChI=1S/C28H26N4O3.C7H9NO.C3H6.C2H6O/c29-27-25-17-19(3-4-22(25)9-12-30-27)16-24(18-33)26-2-1-14-32(26)28(34)23-7-5-20(6-8-23)21-10-13-31-35-15-11-21;1-6-3-4-7(9)8(2)5-6;2*1-3-2/h3-13,15,17-18,24,26H,1-2,14,16H2,(H2,29,30);3-5H,1-2H3;3H,1H2,2H3;1-2H3. The van der Waals surface area contributed by atoms with Crippen molar-refractivity contribution in [2.45, 2.75) is 39.2 Å². The lowest BCUT2D eigenvalue weighted by molar-refractivity contribution is -0.112. The SMILES string of the molecule is C=CC.COC.Cc1ccc(=O)n(C)c1.Nc1nccc2ccc(CC(C=O)C3CCCN3C(=O)c3ccc(C4=CC=NOC=C4)cc3)cc12. The van der Waals surface area contributed by atoms with Crippen molar-refractivity contribution in [3.05, 3.63) is 137 Å². The van der Waals surface area contributed by atoms with Gasteiger partial charge in [0.05, 0.1) is 6.21 Å². The number of nitrogen functional groups attached to an aromatic ring is 1. The molecular formula is C40H47N5O5. The quantitative estimate of drug-likeness (QED) is 0.181. The van der Waals surface area contributed by atoms with E-state index in [0.717, 1.165) is 52.2 Å². The first-order valence-corrected chi connectivity index (χ1v) is 16.3. The van der Waals surface area contributed by atoms with Gasteiger partial charge in [0.1, 0.15) is 18.4 Å². The summed E-state index contributed by atoms with van der Waals surface area (Å²) >= 11 is 0. The van der Waals surface area contributed by atoms with Gasteiger partial charge in [-0.25, -0.2) is 4.98 Å². The Balaban J connectivity index is 0.000000378. The smallest absolute Gasteiger partial charge is 0.254 e. The molecule has 6 rings (SSSR count). The van der Waals surface area contributed by atoms with E-state index in [0.29, 0.717) is 24.3 Å². The lowest BCUT2D eigenvalue weighted by atomic mass is 9.90. The number of rotatable bonds is 6. The maximum Gasteiger partial charge on any atom is 0.254 e. The molecule has 1 saturated heterocycles. The number of carbonyl (C=O) groups is 2. The van der Waals surface area contributed by atoms with E-state index < -0.39 is 0 Å². The number of benzene rings is 2. The fraction of sp³-hybridized carbons (Fsp3) is 0.275. The minimum atomic E-state index is -0.295. The Morgan fingerprint density at radius 1 is 1.14 bits per heavy atom. The molecule has 0 bridgehead atoms. The van der Waals surface area contributed by atoms with Crippen LogP contribution in [0.1, 0.15) is 46.8 Å². The number of likely N-dealkylation sites (tertiary alicyclic amines) is 1. The number of nitrogens with two attached hydrogens (primary N) is 1. The van der Waals surface area contributed by atoms with Gasteiger partial charge in [0, 0.05) is 69.2 Å². The van der Waals surface area contributed by atoms with E-state index in [-0.39, 0.29) is 23.4 Å². The second kappa shape index (κ2) is 20.0. The molecule has 0 radical (unpaired) electrons. The molecule has 2 aromatic heterocycles. The predicted octanol–water partition coefficient (Wildman–Crippen LogP) is 6.54. The van der Waals surface area contributed by atoms with Gasteiger partial charge in [0.25, 0.3) is 5.91 Å². The van der Waals surface area contributed by atoms with E-state index in [1.165, 1.54) is 6.26 Å². The molecule has 0 spiro atoms. The van der Waals surface area contributed by atoms with E-state index in [1.807, 2.05) is 91.7 Å². The number of pyridine rings is 2. The van der Waals surface area contributed by atoms with Crippen LogP contribution in [-0.2, 0) is 27.8 Å². The number of aryl methyl sites for hydroxylation is 2. The highest BCUT2D eigenvalue weighted by atomic mass is 16.6. The Morgan fingerprint density at radius 3 is 2.52 bits per heavy atom. The Hall–Kier alpha value is -5.61. The van der Waals surface area contributed by atoms with Crippen molar-refractivity contribution in [1.82, 2.24) is 14.5 Å². The van der Waals surface area contributed by atoms with Crippen molar-refractivity contribution in [3.8, 4) is 0 Å². The molecule has 10 heteroatoms. The zero-order valence-corrected chi connectivity index (χ0v) is 29.5. The molecule has 1 amide bonds. The molecule has 262 valence electrons. The summed E-state index contributed by atoms with van der Waals surface area (Å²) in [5, 5.41) is 5.63. The molecule has 2 aliphatic heterocycles. The van der Waals surface area contributed by atoms with Gasteiger partial charge in [-0.1, -0.05) is 41.6 Å². The highest BCUT2D eigenvalue weighted by molar-refractivity contribution is 5.96. The first-order valence-electron chi connectivity index (χ1n) is 16.3. The monoisotopic (exact) mass is 677 g/mol. The number of fused-ring (bicyclic) bond motifs is 1. The molecule has 4 aromatic rings. The molecule has 0 aliphatic carbocycles. The van der Waals surface area contributed by atoms with Crippen molar-refractivity contribution in [3.63, 3.8) is 0 Å². The summed E-state index contributed by atoms with van der Waals surface area (Å²) in [6.45, 7) is 7.85. The van der Waals surface area contributed by atoms with E-state index in [4.69, 9.17) is 10.6 Å². The number of nitrogens with zero attached hydrogens (tertiary/aromatic N) is 4. The highest BCUT2D eigenvalue weighted by Crippen LogP contribution is 2.29. The Morgan fingerprint density at radius 2 is 1.86 bits per heavy atom. The maximum atomic E-state index is 13.4. The first-order chi connectivity index (χ1) is 24.2. The molecule has 2 atom stereocenters. The Labute approximate surface area is 294 Å². The average molecular weight is 678 g/mol. The minimum absolute atomic E-state index is 0.0422. The third kappa shape index (κ3) is 11.0. The number of ether oxygens (including phenoxy) is 1. The molecule has 2 aromatic carbocycles. The van der Waals surface area contributed by atoms with Crippen molar-refractivity contribution < 1.29 is 19.2 Å². The fourth-order valence-electron chi connectivity index (χ4n) is 5.64. The summed E-state index contributed by atoms with van der Waals surface area (Å²) in [6.07, 6.45) is 15.2. The molecule has 1 fully saturated rings. The third-order valence-electron chi connectivity index (χ3n) is 7.95. The van der Waals surface area contributed by atoms with Crippen LogP contribution < -0.4 is 11.3 Å². The van der Waals surface area contributed by atoms with Crippen molar-refractivity contribution >= 4 is 40.6 Å². The van der Waals surface area contributed by atoms with Gasteiger partial charge in [0.2, 0.25) is 5.56 Å². The van der Waals surface area contributed by atoms with Crippen LogP contribution in [-0.4, -0.2) is 59.7 Å². The molecule has 2 aliphatic rings. The topological polar surface area (TPSA) is 129 Å². The van der Waals surface area contributed by atoms with Gasteiger partial charge in [-0.15, -0.1) is 6.58 Å². The molecule has 10 nitrogen and oxygen atoms in total. The normalized spacial score (nSPS) is 15.0. The predicted molar refractivity (Wildman–Crippen MR) is 202 cm³/mol. The summed E-state index contributed by atoms with van der Waals surface area (Å²) in [5.41, 5.74) is 10.7. The van der Waals surface area contributed by atoms with Gasteiger partial charge in [0.15, 0.2) is 0 Å². The van der Waals surface area contributed by atoms with Crippen LogP contribution in [0.15, 0.2) is 114 Å². The Bertz CT molecular complexity index is 1880. The highest BCUT2D eigenvalue weighted by Gasteiger charge is 2.35. The third-order valence-corrected chi connectivity index (χ3v) is 7.95. The number of anilines is 1. The van der Waals surface area contributed by atoms with Gasteiger partial charge < -0.3 is 29.6 Å². The molecule has 0 saturated carbocycles. The lowest BCUT2D eigenvalue weighted by Gasteiger charge is -2.29. The second-order valence-corrected chi connectivity index (χ2v) is 11.8. The van der Waals surface area contributed by atoms with Crippen LogP contribution >= 0.6 is 0 Å². The summed E-state index contributed by atoms with van der Waals surface area (Å²) in [7, 11) is 5.00. The van der Waals surface area contributed by atoms with Gasteiger partial charge >= 0.3 is 0 Å². The number of oxime groups is 1. The van der Waals surface area contributed by atoms with E-state index in [9.17, 15) is 14.4 Å². The number of amides is 1. The first kappa shape index (κ1) is 38.8. The minimum Gasteiger partial charge on any atom is -0.388 e. The summed E-state index contributed by atoms with van der Waals surface area (Å²) in [6, 6.07) is 18.7. The van der Waals surface area contributed by atoms with Crippen LogP contribution in [0.5, 0.6) is 0 Å². The molecule has 4 heterocycles. The number of aromatic nitrogens is 2. The zero-order valence-electron chi connectivity index (χ0n) is 29.5. The van der Waals surface area contributed by atoms with Crippen LogP contribution in [0.4, 0.5) is 5.82 Å². The van der Waals surface area contributed by atoms with Crippen LogP contribution in [0.3, 0.4) is 0 Å². The Kier molecular flexibility index (Phi) is 15.6. The number of carbonyl (C=O) groups excluding carboxylic acids is 2. The number of hydrogen-bond donors (Lipinski definition) is 1. The second-order valence-electron chi connectivity index (χ2n) is 11.8. The number of methoxy groups -OCH3 is 1. The van der Waals surface area contributed by atoms with Gasteiger partial charge in [-0.3, -0.25) is 9.59 Å². The summed E-state index contributed by atoms with van der Waals surface area (Å²) in [5.74, 6) is 0.132. The van der Waals surface area contributed by atoms with E-state index >= 15 is 0 Å². The summed E-state index contributed by atoms with van der Waals surface area (Å²) < 4.78 is 5.81. The average Bonchev–Trinajstić information content (AvgIpc) is 3.44. The van der Waals surface area contributed by atoms with Crippen molar-refractivity contribution in [2.75, 3.05) is 26.5 Å². The summed E-state index contributed by atoms with van der Waals surface area (Å²) in [4.78, 5) is 47.3. The van der Waals surface area contributed by atoms with Crippen LogP contribution in [0, 0.1) is 12.8 Å².